The van der Waals surface area contributed by atoms with E-state index in [1.807, 2.05) is 0 Å². The number of hydrogen-bond acceptors (Lipinski definition) is 6. The first-order valence-corrected chi connectivity index (χ1v) is 7.14. The van der Waals surface area contributed by atoms with Crippen LogP contribution in [0.5, 0.6) is 11.6 Å². The van der Waals surface area contributed by atoms with Gasteiger partial charge in [0.1, 0.15) is 5.75 Å². The summed E-state index contributed by atoms with van der Waals surface area (Å²) in [6, 6.07) is 3.65. The Morgan fingerprint density at radius 3 is 2.48 bits per heavy atom. The molecule has 0 atom stereocenters. The molecule has 1 aromatic carbocycles. The minimum atomic E-state index is -5.96. The highest BCUT2D eigenvalue weighted by molar-refractivity contribution is 7.88. The molecule has 2 aromatic rings. The van der Waals surface area contributed by atoms with E-state index in [0.717, 1.165) is 6.07 Å². The van der Waals surface area contributed by atoms with Crippen molar-refractivity contribution in [2.45, 2.75) is 12.1 Å². The molecule has 0 aliphatic carbocycles. The fourth-order valence-corrected chi connectivity index (χ4v) is 2.53. The van der Waals surface area contributed by atoms with Crippen molar-refractivity contribution < 1.29 is 39.3 Å². The molecule has 1 aromatic heterocycles. The first-order chi connectivity index (χ1) is 9.62. The van der Waals surface area contributed by atoms with Crippen LogP contribution in [0.2, 0.25) is 0 Å². The monoisotopic (exact) mass is 349 g/mol. The van der Waals surface area contributed by atoms with Crippen molar-refractivity contribution in [1.82, 2.24) is 4.37 Å². The van der Waals surface area contributed by atoms with Crippen LogP contribution in [0.3, 0.4) is 0 Å². The fraction of sp³-hybridized carbons (Fsp3) is 0.222. The molecule has 0 unspecified atom stereocenters. The Morgan fingerprint density at radius 2 is 1.90 bits per heavy atom. The Hall–Kier alpha value is -1.69. The van der Waals surface area contributed by atoms with Gasteiger partial charge in [0.25, 0.3) is 5.88 Å². The lowest BCUT2D eigenvalue weighted by Gasteiger charge is -2.09. The van der Waals surface area contributed by atoms with Crippen LogP contribution >= 0.6 is 11.5 Å². The number of nitrogens with zero attached hydrogens (tertiary/aromatic N) is 1. The zero-order valence-electron chi connectivity index (χ0n) is 9.60. The van der Waals surface area contributed by atoms with Crippen LogP contribution in [0, 0.1) is 0 Å². The van der Waals surface area contributed by atoms with E-state index in [2.05, 4.69) is 13.3 Å². The zero-order valence-corrected chi connectivity index (χ0v) is 11.2. The molecule has 0 spiro atoms. The third-order valence-corrected chi connectivity index (χ3v) is 3.86. The third-order valence-electron chi connectivity index (χ3n) is 2.12. The van der Waals surface area contributed by atoms with Crippen molar-refractivity contribution in [2.24, 2.45) is 0 Å². The molecule has 0 bridgehead atoms. The fourth-order valence-electron chi connectivity index (χ4n) is 1.34. The Bertz CT molecular complexity index is 755. The molecule has 0 aliphatic rings. The Balaban J connectivity index is 2.51. The predicted octanol–water partition coefficient (Wildman–Crippen LogP) is 3.13. The van der Waals surface area contributed by atoms with Crippen molar-refractivity contribution in [3.8, 4) is 11.6 Å². The molecule has 2 rings (SSSR count). The number of fused-ring (bicyclic) bond motifs is 1. The molecule has 0 N–H and O–H groups in total. The summed E-state index contributed by atoms with van der Waals surface area (Å²) < 4.78 is 94.5. The Kier molecular flexibility index (Phi) is 3.93. The second-order valence-corrected chi connectivity index (χ2v) is 5.82. The minimum absolute atomic E-state index is 0.125. The first kappa shape index (κ1) is 15.7. The van der Waals surface area contributed by atoms with Crippen molar-refractivity contribution in [3.05, 3.63) is 18.2 Å². The Labute approximate surface area is 118 Å². The van der Waals surface area contributed by atoms with Gasteiger partial charge in [-0.1, -0.05) is 6.07 Å². The second kappa shape index (κ2) is 5.26. The van der Waals surface area contributed by atoms with E-state index in [1.54, 1.807) is 0 Å². The van der Waals surface area contributed by atoms with Gasteiger partial charge in [0, 0.05) is 0 Å². The van der Waals surface area contributed by atoms with Crippen molar-refractivity contribution in [2.75, 3.05) is 0 Å². The van der Waals surface area contributed by atoms with Gasteiger partial charge in [-0.2, -0.15) is 34.7 Å². The van der Waals surface area contributed by atoms with E-state index in [4.69, 9.17) is 0 Å². The zero-order chi connectivity index (χ0) is 15.8. The van der Waals surface area contributed by atoms with Gasteiger partial charge in [-0.15, -0.1) is 0 Å². The smallest absolute Gasteiger partial charge is 0.434 e. The number of ether oxygens (including phenoxy) is 1. The maximum atomic E-state index is 12.2. The SMILES string of the molecule is O=S(=O)(Oc1nsc2cccc(OC(F)F)c12)C(F)(F)F. The number of benzene rings is 1. The summed E-state index contributed by atoms with van der Waals surface area (Å²) in [7, 11) is -5.96. The molecule has 21 heavy (non-hydrogen) atoms. The van der Waals surface area contributed by atoms with Gasteiger partial charge in [-0.3, -0.25) is 0 Å². The van der Waals surface area contributed by atoms with Crippen LogP contribution in [0.15, 0.2) is 18.2 Å². The Morgan fingerprint density at radius 1 is 1.24 bits per heavy atom. The number of halogens is 5. The van der Waals surface area contributed by atoms with E-state index in [0.29, 0.717) is 11.5 Å². The van der Waals surface area contributed by atoms with Gasteiger partial charge in [0.15, 0.2) is 0 Å². The largest absolute Gasteiger partial charge is 0.534 e. The van der Waals surface area contributed by atoms with E-state index >= 15 is 0 Å². The van der Waals surface area contributed by atoms with Crippen LogP contribution in [-0.2, 0) is 10.1 Å². The van der Waals surface area contributed by atoms with Gasteiger partial charge in [-0.05, 0) is 23.7 Å². The summed E-state index contributed by atoms with van der Waals surface area (Å²) in [5.41, 5.74) is -5.67. The average molecular weight is 349 g/mol. The maximum absolute atomic E-state index is 12.2. The highest BCUT2D eigenvalue weighted by Gasteiger charge is 2.49. The van der Waals surface area contributed by atoms with E-state index in [1.165, 1.54) is 12.1 Å². The quantitative estimate of drug-likeness (QED) is 0.482. The predicted molar refractivity (Wildman–Crippen MR) is 61.9 cm³/mol. The topological polar surface area (TPSA) is 65.5 Å². The molecule has 0 amide bonds. The lowest BCUT2D eigenvalue weighted by Crippen LogP contribution is -2.28. The molecule has 12 heteroatoms. The number of rotatable bonds is 4. The first-order valence-electron chi connectivity index (χ1n) is 4.96. The molecule has 0 radical (unpaired) electrons. The van der Waals surface area contributed by atoms with Crippen LogP contribution in [0.4, 0.5) is 22.0 Å². The number of alkyl halides is 5. The molecule has 5 nitrogen and oxygen atoms in total. The van der Waals surface area contributed by atoms with Crippen LogP contribution in [0.25, 0.3) is 10.1 Å². The third kappa shape index (κ3) is 3.15. The van der Waals surface area contributed by atoms with E-state index in [-0.39, 0.29) is 10.1 Å². The highest BCUT2D eigenvalue weighted by Crippen LogP contribution is 2.39. The van der Waals surface area contributed by atoms with Crippen molar-refractivity contribution in [3.63, 3.8) is 0 Å². The van der Waals surface area contributed by atoms with Crippen molar-refractivity contribution >= 4 is 31.7 Å². The number of aromatic nitrogens is 1. The van der Waals surface area contributed by atoms with E-state index in [9.17, 15) is 30.4 Å². The molecule has 0 fully saturated rings. The lowest BCUT2D eigenvalue weighted by molar-refractivity contribution is -0.0509. The van der Waals surface area contributed by atoms with Crippen LogP contribution in [-0.4, -0.2) is 24.9 Å². The standard InChI is InChI=1S/C9H4F5NO4S2/c10-8(11)18-4-2-1-3-5-6(4)7(15-20-5)19-21(16,17)9(12,13)14/h1-3,8H. The molecule has 1 heterocycles. The summed E-state index contributed by atoms with van der Waals surface area (Å²) in [4.78, 5) is 0. The molecular weight excluding hydrogens is 345 g/mol. The average Bonchev–Trinajstić information content (AvgIpc) is 2.70. The van der Waals surface area contributed by atoms with Gasteiger partial charge < -0.3 is 8.92 Å². The van der Waals surface area contributed by atoms with Crippen LogP contribution < -0.4 is 8.92 Å². The molecule has 116 valence electrons. The molecule has 0 saturated carbocycles. The van der Waals surface area contributed by atoms with E-state index < -0.39 is 33.9 Å². The number of hydrogen-bond donors (Lipinski definition) is 0. The second-order valence-electron chi connectivity index (χ2n) is 3.48. The summed E-state index contributed by atoms with van der Waals surface area (Å²) in [5.74, 6) is -1.51. The normalized spacial score (nSPS) is 12.9. The summed E-state index contributed by atoms with van der Waals surface area (Å²) in [6.07, 6.45) is 0. The summed E-state index contributed by atoms with van der Waals surface area (Å²) in [5, 5.41) is -0.379. The maximum Gasteiger partial charge on any atom is 0.534 e. The molecule has 0 aliphatic heterocycles. The molecular formula is C9H4F5NO4S2. The van der Waals surface area contributed by atoms with Gasteiger partial charge in [0.2, 0.25) is 0 Å². The van der Waals surface area contributed by atoms with Crippen LogP contribution in [0.1, 0.15) is 0 Å². The lowest BCUT2D eigenvalue weighted by atomic mass is 10.2. The van der Waals surface area contributed by atoms with Gasteiger partial charge in [-0.25, -0.2) is 0 Å². The van der Waals surface area contributed by atoms with Gasteiger partial charge in [0.05, 0.1) is 10.1 Å². The summed E-state index contributed by atoms with van der Waals surface area (Å²) >= 11 is 0.575. The minimum Gasteiger partial charge on any atom is -0.434 e. The highest BCUT2D eigenvalue weighted by atomic mass is 32.2. The van der Waals surface area contributed by atoms with Crippen molar-refractivity contribution in [1.29, 1.82) is 0 Å². The van der Waals surface area contributed by atoms with Gasteiger partial charge >= 0.3 is 22.2 Å². The summed E-state index contributed by atoms with van der Waals surface area (Å²) in [6.45, 7) is -3.25. The molecule has 0 saturated heterocycles.